The zero-order valence-electron chi connectivity index (χ0n) is 11.4. The molecule has 1 fully saturated rings. The molecular weight excluding hydrogens is 284 g/mol. The molecule has 6 nitrogen and oxygen atoms in total. The molecule has 1 aliphatic rings. The fourth-order valence-electron chi connectivity index (χ4n) is 2.39. The molecule has 1 aromatic rings. The number of nitrogens with one attached hydrogen (secondary N) is 1. The number of halogens is 2. The Bertz CT molecular complexity index is 580. The van der Waals surface area contributed by atoms with E-state index in [9.17, 15) is 23.7 Å². The minimum atomic E-state index is -1.35. The molecule has 0 bridgehead atoms. The van der Waals surface area contributed by atoms with E-state index in [2.05, 4.69) is 10.2 Å². The summed E-state index contributed by atoms with van der Waals surface area (Å²) in [5.41, 5.74) is -1.21. The monoisotopic (exact) mass is 299 g/mol. The van der Waals surface area contributed by atoms with Crippen molar-refractivity contribution in [3.8, 4) is 0 Å². The Balaban J connectivity index is 2.11. The van der Waals surface area contributed by atoms with Crippen molar-refractivity contribution >= 4 is 11.6 Å². The standard InChI is InChI=1S/C13H15F2N3O3/c1-17-3-2-8(7-17)6-16-13(19)9-4-10(14)11(15)5-12(9)18(20)21/h4-5,8H,2-3,6-7H2,1H3,(H,16,19). The van der Waals surface area contributed by atoms with Gasteiger partial charge in [0.1, 0.15) is 5.56 Å². The van der Waals surface area contributed by atoms with Gasteiger partial charge in [0, 0.05) is 13.1 Å². The van der Waals surface area contributed by atoms with Crippen LogP contribution in [0.2, 0.25) is 0 Å². The summed E-state index contributed by atoms with van der Waals surface area (Å²) in [6.45, 7) is 2.09. The van der Waals surface area contributed by atoms with Crippen LogP contribution in [0.25, 0.3) is 0 Å². The summed E-state index contributed by atoms with van der Waals surface area (Å²) in [6.07, 6.45) is 0.913. The van der Waals surface area contributed by atoms with Gasteiger partial charge in [-0.25, -0.2) is 8.78 Å². The van der Waals surface area contributed by atoms with Crippen LogP contribution >= 0.6 is 0 Å². The van der Waals surface area contributed by atoms with E-state index in [-0.39, 0.29) is 5.92 Å². The summed E-state index contributed by atoms with van der Waals surface area (Å²) in [6, 6.07) is 0.983. The molecule has 1 saturated heterocycles. The number of nitrogens with zero attached hydrogens (tertiary/aromatic N) is 2. The van der Waals surface area contributed by atoms with Crippen LogP contribution in [0.5, 0.6) is 0 Å². The second kappa shape index (κ2) is 6.13. The topological polar surface area (TPSA) is 75.5 Å². The van der Waals surface area contributed by atoms with Crippen LogP contribution in [0.1, 0.15) is 16.8 Å². The number of nitro groups is 1. The highest BCUT2D eigenvalue weighted by Gasteiger charge is 2.25. The van der Waals surface area contributed by atoms with Gasteiger partial charge in [-0.05, 0) is 32.0 Å². The van der Waals surface area contributed by atoms with Gasteiger partial charge in [0.25, 0.3) is 11.6 Å². The summed E-state index contributed by atoms with van der Waals surface area (Å²) in [5.74, 6) is -3.15. The van der Waals surface area contributed by atoms with Crippen LogP contribution < -0.4 is 5.32 Å². The highest BCUT2D eigenvalue weighted by atomic mass is 19.2. The molecule has 1 aliphatic heterocycles. The smallest absolute Gasteiger partial charge is 0.285 e. The van der Waals surface area contributed by atoms with Crippen molar-refractivity contribution in [1.82, 2.24) is 10.2 Å². The van der Waals surface area contributed by atoms with Gasteiger partial charge < -0.3 is 10.2 Å². The second-order valence-electron chi connectivity index (χ2n) is 5.17. The summed E-state index contributed by atoms with van der Waals surface area (Å²) < 4.78 is 26.2. The Morgan fingerprint density at radius 1 is 1.48 bits per heavy atom. The van der Waals surface area contributed by atoms with Crippen molar-refractivity contribution in [3.05, 3.63) is 39.4 Å². The first-order valence-electron chi connectivity index (χ1n) is 6.48. The fraction of sp³-hybridized carbons (Fsp3) is 0.462. The Kier molecular flexibility index (Phi) is 4.46. The number of amides is 1. The predicted octanol–water partition coefficient (Wildman–Crippen LogP) is 1.55. The fourth-order valence-corrected chi connectivity index (χ4v) is 2.39. The quantitative estimate of drug-likeness (QED) is 0.676. The van der Waals surface area contributed by atoms with E-state index in [1.807, 2.05) is 7.05 Å². The maximum absolute atomic E-state index is 13.2. The largest absolute Gasteiger partial charge is 0.351 e. The Hall–Kier alpha value is -2.09. The van der Waals surface area contributed by atoms with Crippen LogP contribution in [0.4, 0.5) is 14.5 Å². The molecule has 1 atom stereocenters. The number of carbonyl (C=O) groups excluding carboxylic acids is 1. The Morgan fingerprint density at radius 3 is 2.71 bits per heavy atom. The van der Waals surface area contributed by atoms with Crippen molar-refractivity contribution in [2.75, 3.05) is 26.7 Å². The number of likely N-dealkylation sites (tertiary alicyclic amines) is 1. The molecule has 0 aliphatic carbocycles. The van der Waals surface area contributed by atoms with E-state index in [1.54, 1.807) is 0 Å². The second-order valence-corrected chi connectivity index (χ2v) is 5.17. The molecule has 1 heterocycles. The number of rotatable bonds is 4. The average molecular weight is 299 g/mol. The van der Waals surface area contributed by atoms with Crippen LogP contribution in [-0.2, 0) is 0 Å². The molecule has 0 spiro atoms. The molecule has 114 valence electrons. The summed E-state index contributed by atoms with van der Waals surface area (Å²) in [7, 11) is 1.96. The van der Waals surface area contributed by atoms with E-state index < -0.39 is 33.7 Å². The maximum atomic E-state index is 13.2. The lowest BCUT2D eigenvalue weighted by Gasteiger charge is -2.12. The van der Waals surface area contributed by atoms with Gasteiger partial charge in [-0.2, -0.15) is 0 Å². The molecule has 0 aromatic heterocycles. The lowest BCUT2D eigenvalue weighted by Crippen LogP contribution is -2.31. The van der Waals surface area contributed by atoms with Gasteiger partial charge in [0.2, 0.25) is 0 Å². The molecule has 1 unspecified atom stereocenters. The van der Waals surface area contributed by atoms with Gasteiger partial charge in [0.05, 0.1) is 11.0 Å². The number of nitro benzene ring substituents is 1. The first kappa shape index (κ1) is 15.3. The van der Waals surface area contributed by atoms with Gasteiger partial charge in [-0.3, -0.25) is 14.9 Å². The third kappa shape index (κ3) is 3.52. The maximum Gasteiger partial charge on any atom is 0.285 e. The van der Waals surface area contributed by atoms with Gasteiger partial charge in [0.15, 0.2) is 11.6 Å². The van der Waals surface area contributed by atoms with E-state index in [1.165, 1.54) is 0 Å². The third-order valence-corrected chi connectivity index (χ3v) is 3.52. The lowest BCUT2D eigenvalue weighted by molar-refractivity contribution is -0.385. The highest BCUT2D eigenvalue weighted by Crippen LogP contribution is 2.22. The van der Waals surface area contributed by atoms with Crippen LogP contribution in [0.15, 0.2) is 12.1 Å². The summed E-state index contributed by atoms with van der Waals surface area (Å²) in [4.78, 5) is 24.0. The molecule has 0 saturated carbocycles. The first-order valence-corrected chi connectivity index (χ1v) is 6.48. The number of benzene rings is 1. The molecule has 2 rings (SSSR count). The van der Waals surface area contributed by atoms with E-state index in [0.29, 0.717) is 18.7 Å². The number of hydrogen-bond donors (Lipinski definition) is 1. The molecule has 1 N–H and O–H groups in total. The number of hydrogen-bond acceptors (Lipinski definition) is 4. The molecule has 1 amide bonds. The zero-order chi connectivity index (χ0) is 15.6. The first-order chi connectivity index (χ1) is 9.88. The molecule has 1 aromatic carbocycles. The average Bonchev–Trinajstić information content (AvgIpc) is 2.84. The van der Waals surface area contributed by atoms with Crippen molar-refractivity contribution in [1.29, 1.82) is 0 Å². The third-order valence-electron chi connectivity index (χ3n) is 3.52. The minimum absolute atomic E-state index is 0.253. The van der Waals surface area contributed by atoms with E-state index in [0.717, 1.165) is 19.5 Å². The minimum Gasteiger partial charge on any atom is -0.351 e. The molecule has 0 radical (unpaired) electrons. The van der Waals surface area contributed by atoms with Crippen LogP contribution in [0, 0.1) is 27.7 Å². The Labute approximate surface area is 119 Å². The SMILES string of the molecule is CN1CCC(CNC(=O)c2cc(F)c(F)cc2[N+](=O)[O-])C1. The lowest BCUT2D eigenvalue weighted by atomic mass is 10.1. The summed E-state index contributed by atoms with van der Waals surface area (Å²) >= 11 is 0. The van der Waals surface area contributed by atoms with Gasteiger partial charge >= 0.3 is 0 Å². The van der Waals surface area contributed by atoms with Crippen LogP contribution in [-0.4, -0.2) is 42.4 Å². The predicted molar refractivity (Wildman–Crippen MR) is 70.9 cm³/mol. The van der Waals surface area contributed by atoms with Gasteiger partial charge in [-0.15, -0.1) is 0 Å². The van der Waals surface area contributed by atoms with Crippen molar-refractivity contribution in [2.45, 2.75) is 6.42 Å². The zero-order valence-corrected chi connectivity index (χ0v) is 11.4. The van der Waals surface area contributed by atoms with E-state index >= 15 is 0 Å². The Morgan fingerprint density at radius 2 is 2.14 bits per heavy atom. The van der Waals surface area contributed by atoms with Gasteiger partial charge in [-0.1, -0.05) is 0 Å². The number of carbonyl (C=O) groups is 1. The van der Waals surface area contributed by atoms with E-state index in [4.69, 9.17) is 0 Å². The molecular formula is C13H15F2N3O3. The van der Waals surface area contributed by atoms with Crippen molar-refractivity contribution in [2.24, 2.45) is 5.92 Å². The summed E-state index contributed by atoms with van der Waals surface area (Å²) in [5, 5.41) is 13.4. The van der Waals surface area contributed by atoms with Crippen molar-refractivity contribution in [3.63, 3.8) is 0 Å². The van der Waals surface area contributed by atoms with Crippen molar-refractivity contribution < 1.29 is 18.5 Å². The molecule has 8 heteroatoms. The molecule has 21 heavy (non-hydrogen) atoms. The normalized spacial score (nSPS) is 18.7. The van der Waals surface area contributed by atoms with Crippen LogP contribution in [0.3, 0.4) is 0 Å². The highest BCUT2D eigenvalue weighted by molar-refractivity contribution is 5.98.